The van der Waals surface area contributed by atoms with Crippen molar-refractivity contribution in [2.75, 3.05) is 119 Å². The minimum atomic E-state index is -1.50. The van der Waals surface area contributed by atoms with E-state index in [0.717, 1.165) is 6.42 Å². The van der Waals surface area contributed by atoms with E-state index in [2.05, 4.69) is 121 Å². The van der Waals surface area contributed by atoms with Crippen LogP contribution < -0.4 is 26.6 Å². The SMILES string of the molecule is CCCOP(OCCCNC(=O)CC(=O)NC(COCCC(=O)NCCCO[C@@H]1OC(COC(C)=O)[C@H](C)[C@H](C)C1C)(COCCC(=O)NCCCO[C@@H]1OC(COC(C)=O)[C@H](C)[C@H](C)C1C)COCCC(=O)NCCCO[C@@H]1OC(COC(C)=O)[C@H](C)[C@H](C)C1C)N(C(C)C)C(C)C. The fourth-order valence-corrected chi connectivity index (χ4v) is 13.5. The molecule has 0 radical (unpaired) electrons. The van der Waals surface area contributed by atoms with Crippen molar-refractivity contribution in [1.29, 1.82) is 0 Å². The molecule has 3 aliphatic heterocycles. The maximum atomic E-state index is 14.1. The molecular formula is C70H127N6O22P. The van der Waals surface area contributed by atoms with Gasteiger partial charge in [0.15, 0.2) is 18.9 Å². The molecule has 7 unspecified atom stereocenters. The molecule has 99 heavy (non-hydrogen) atoms. The maximum Gasteiger partial charge on any atom is 0.302 e. The van der Waals surface area contributed by atoms with Crippen LogP contribution in [0.2, 0.25) is 0 Å². The van der Waals surface area contributed by atoms with Crippen LogP contribution in [-0.4, -0.2) is 226 Å². The van der Waals surface area contributed by atoms with Gasteiger partial charge in [-0.1, -0.05) is 69.2 Å². The number of nitrogens with one attached hydrogen (secondary N) is 5. The zero-order valence-corrected chi connectivity index (χ0v) is 63.7. The van der Waals surface area contributed by atoms with E-state index < -0.39 is 51.2 Å². The molecule has 28 nitrogen and oxygen atoms in total. The number of hydrogen-bond donors (Lipinski definition) is 5. The van der Waals surface area contributed by atoms with Gasteiger partial charge in [0.25, 0.3) is 8.53 Å². The molecule has 5 amide bonds. The van der Waals surface area contributed by atoms with E-state index in [9.17, 15) is 38.4 Å². The standard InChI is InChI=1S/C70H127N6O22P/c1-18-30-94-99(76(45(2)3)46(4)5)95-34-22-29-74-65(83)38-66(84)75-70(42-85-35-23-62(80)71-26-19-31-88-67-53(12)47(6)50(9)59(96-67)39-91-56(15)77,43-86-36-24-63(81)72-27-20-32-89-68-54(13)48(7)51(10)60(97-68)40-92-57(16)78)44-87-37-25-64(82)73-28-21-33-90-69-55(14)49(8)52(11)61(98-69)41-93-58(17)79/h45-55,59-61,67-69H,18-44H2,1-17H3,(H,71,80)(H,72,81)(H,73,82)(H,74,83)(H,75,84)/t47-,48-,49-,50+,51+,52+,53?,54?,55?,59?,60?,61?,67+,68+,69+,70?,99?/m0/s1. The molecule has 574 valence electrons. The van der Waals surface area contributed by atoms with Crippen molar-refractivity contribution in [3.05, 3.63) is 0 Å². The molecule has 16 atom stereocenters. The first-order valence-electron chi connectivity index (χ1n) is 36.2. The summed E-state index contributed by atoms with van der Waals surface area (Å²) in [6, 6.07) is 0.355. The van der Waals surface area contributed by atoms with Gasteiger partial charge in [-0.2, -0.15) is 0 Å². The molecule has 3 heterocycles. The molecule has 0 bridgehead atoms. The molecule has 0 saturated carbocycles. The second-order valence-corrected chi connectivity index (χ2v) is 29.0. The van der Waals surface area contributed by atoms with Gasteiger partial charge in [-0.3, -0.25) is 38.4 Å². The molecule has 3 saturated heterocycles. The average molecular weight is 1440 g/mol. The second kappa shape index (κ2) is 48.6. The van der Waals surface area contributed by atoms with E-state index in [1.165, 1.54) is 20.8 Å². The fourth-order valence-electron chi connectivity index (χ4n) is 11.8. The van der Waals surface area contributed by atoms with Crippen LogP contribution in [0, 0.1) is 53.3 Å². The van der Waals surface area contributed by atoms with Gasteiger partial charge >= 0.3 is 17.9 Å². The van der Waals surface area contributed by atoms with Crippen LogP contribution in [0.5, 0.6) is 0 Å². The van der Waals surface area contributed by atoms with Gasteiger partial charge in [0.05, 0.1) is 91.0 Å². The Morgan fingerprint density at radius 1 is 0.414 bits per heavy atom. The normalized spacial score (nSPS) is 26.4. The van der Waals surface area contributed by atoms with Crippen molar-refractivity contribution < 1.29 is 104 Å². The van der Waals surface area contributed by atoms with Crippen molar-refractivity contribution in [3.8, 4) is 0 Å². The third-order valence-electron chi connectivity index (χ3n) is 18.9. The van der Waals surface area contributed by atoms with Crippen molar-refractivity contribution in [3.63, 3.8) is 0 Å². The lowest BCUT2D eigenvalue weighted by Gasteiger charge is -2.43. The lowest BCUT2D eigenvalue weighted by molar-refractivity contribution is -0.255. The Bertz CT molecular complexity index is 2170. The largest absolute Gasteiger partial charge is 0.463 e. The third-order valence-corrected chi connectivity index (χ3v) is 21.0. The Balaban J connectivity index is 1.71. The van der Waals surface area contributed by atoms with Crippen molar-refractivity contribution in [2.24, 2.45) is 53.3 Å². The summed E-state index contributed by atoms with van der Waals surface area (Å²) in [7, 11) is -1.34. The minimum absolute atomic E-state index is 0.0615. The molecule has 0 spiro atoms. The van der Waals surface area contributed by atoms with Gasteiger partial charge in [0.2, 0.25) is 29.5 Å². The van der Waals surface area contributed by atoms with Gasteiger partial charge in [0.1, 0.15) is 31.8 Å². The molecule has 0 aromatic carbocycles. The lowest BCUT2D eigenvalue weighted by Crippen LogP contribution is -2.59. The highest BCUT2D eigenvalue weighted by molar-refractivity contribution is 7.44. The molecule has 5 N–H and O–H groups in total. The van der Waals surface area contributed by atoms with Crippen molar-refractivity contribution in [2.45, 2.75) is 230 Å². The lowest BCUT2D eigenvalue weighted by atomic mass is 9.79. The fraction of sp³-hybridized carbons (Fsp3) is 0.886. The third kappa shape index (κ3) is 34.2. The first-order valence-corrected chi connectivity index (χ1v) is 37.3. The van der Waals surface area contributed by atoms with Gasteiger partial charge in [-0.25, -0.2) is 4.67 Å². The van der Waals surface area contributed by atoms with Crippen LogP contribution in [0.25, 0.3) is 0 Å². The highest BCUT2D eigenvalue weighted by Gasteiger charge is 2.43. The molecular weight excluding hydrogens is 1310 g/mol. The number of carbonyl (C=O) groups excluding carboxylic acids is 8. The van der Waals surface area contributed by atoms with E-state index in [4.69, 9.17) is 65.9 Å². The summed E-state index contributed by atoms with van der Waals surface area (Å²) in [5.74, 6) is -1.91. The zero-order valence-electron chi connectivity index (χ0n) is 62.8. The maximum absolute atomic E-state index is 14.1. The van der Waals surface area contributed by atoms with E-state index in [-0.39, 0.29) is 205 Å². The number of hydrogen-bond acceptors (Lipinski definition) is 23. The van der Waals surface area contributed by atoms with E-state index in [1.807, 2.05) is 6.92 Å². The number of amides is 5. The van der Waals surface area contributed by atoms with Crippen LogP contribution in [0.4, 0.5) is 0 Å². The Morgan fingerprint density at radius 2 is 0.727 bits per heavy atom. The second-order valence-electron chi connectivity index (χ2n) is 27.6. The molecule has 29 heteroatoms. The van der Waals surface area contributed by atoms with Gasteiger partial charge in [-0.15, -0.1) is 0 Å². The Labute approximate surface area is 591 Å². The highest BCUT2D eigenvalue weighted by atomic mass is 31.2. The summed E-state index contributed by atoms with van der Waals surface area (Å²) in [5, 5.41) is 14.4. The van der Waals surface area contributed by atoms with Crippen molar-refractivity contribution in [1.82, 2.24) is 31.3 Å². The number of esters is 3. The summed E-state index contributed by atoms with van der Waals surface area (Å²) in [5.41, 5.74) is -1.50. The monoisotopic (exact) mass is 1430 g/mol. The molecule has 3 fully saturated rings. The summed E-state index contributed by atoms with van der Waals surface area (Å²) in [4.78, 5) is 102. The van der Waals surface area contributed by atoms with Gasteiger partial charge in [-0.05, 0) is 95.3 Å². The Kier molecular flexibility index (Phi) is 43.7. The van der Waals surface area contributed by atoms with E-state index in [1.54, 1.807) is 0 Å². The van der Waals surface area contributed by atoms with E-state index >= 15 is 0 Å². The van der Waals surface area contributed by atoms with E-state index in [0.29, 0.717) is 78.4 Å². The molecule has 0 aliphatic carbocycles. The number of carbonyl (C=O) groups is 8. The highest BCUT2D eigenvalue weighted by Crippen LogP contribution is 2.46. The molecule has 0 aromatic heterocycles. The van der Waals surface area contributed by atoms with Crippen LogP contribution in [0.3, 0.4) is 0 Å². The Morgan fingerprint density at radius 3 is 1.04 bits per heavy atom. The first-order chi connectivity index (χ1) is 47.0. The smallest absolute Gasteiger partial charge is 0.302 e. The number of ether oxygens (including phenoxy) is 12. The van der Waals surface area contributed by atoms with Crippen LogP contribution >= 0.6 is 8.53 Å². The molecule has 0 aromatic rings. The summed E-state index contributed by atoms with van der Waals surface area (Å²) in [6.07, 6.45) is -0.514. The van der Waals surface area contributed by atoms with Crippen molar-refractivity contribution >= 4 is 56.0 Å². The minimum Gasteiger partial charge on any atom is -0.463 e. The quantitative estimate of drug-likeness (QED) is 0.0136. The zero-order chi connectivity index (χ0) is 73.6. The number of nitrogens with zero attached hydrogens (tertiary/aromatic N) is 1. The van der Waals surface area contributed by atoms with Crippen LogP contribution in [-0.2, 0) is 104 Å². The summed E-state index contributed by atoms with van der Waals surface area (Å²) >= 11 is 0. The van der Waals surface area contributed by atoms with Gasteiger partial charge in [0, 0.05) is 96.1 Å². The topological polar surface area (TPSA) is 329 Å². The predicted octanol–water partition coefficient (Wildman–Crippen LogP) is 6.90. The average Bonchev–Trinajstić information content (AvgIpc) is 0.842. The van der Waals surface area contributed by atoms with Gasteiger partial charge < -0.3 is 92.5 Å². The summed E-state index contributed by atoms with van der Waals surface area (Å²) < 4.78 is 85.7. The molecule has 3 aliphatic rings. The number of rotatable bonds is 50. The van der Waals surface area contributed by atoms with Crippen LogP contribution in [0.1, 0.15) is 175 Å². The van der Waals surface area contributed by atoms with Crippen LogP contribution in [0.15, 0.2) is 0 Å². The Hall–Kier alpha value is -4.29. The summed E-state index contributed by atoms with van der Waals surface area (Å²) in [6.45, 7) is 35.4. The first kappa shape index (κ1) is 88.9. The predicted molar refractivity (Wildman–Crippen MR) is 370 cm³/mol. The molecule has 3 rings (SSSR count).